The van der Waals surface area contributed by atoms with Gasteiger partial charge in [-0.25, -0.2) is 22.4 Å². The number of halogens is 6. The van der Waals surface area contributed by atoms with E-state index < -0.39 is 53.1 Å². The first-order chi connectivity index (χ1) is 20.0. The number of hydrogen-bond acceptors (Lipinski definition) is 3. The van der Waals surface area contributed by atoms with Crippen LogP contribution < -0.4 is 4.74 Å². The zero-order chi connectivity index (χ0) is 30.0. The van der Waals surface area contributed by atoms with E-state index in [-0.39, 0.29) is 31.2 Å². The summed E-state index contributed by atoms with van der Waals surface area (Å²) in [6, 6.07) is 13.1. The lowest BCUT2D eigenvalue weighted by Crippen LogP contribution is -2.39. The zero-order valence-corrected chi connectivity index (χ0v) is 23.2. The highest BCUT2D eigenvalue weighted by atomic mass is 19.3. The maximum Gasteiger partial charge on any atom is 0.400 e. The van der Waals surface area contributed by atoms with Crippen LogP contribution in [0, 0.1) is 35.1 Å². The summed E-state index contributed by atoms with van der Waals surface area (Å²) in [7, 11) is 0. The van der Waals surface area contributed by atoms with E-state index in [1.807, 2.05) is 12.1 Å². The van der Waals surface area contributed by atoms with Gasteiger partial charge in [-0.3, -0.25) is 0 Å². The standard InChI is InChI=1S/C33H32F6O3/c1-19-2-4-20(5-3-19)21-6-8-22(9-7-21)23-10-15-27(28(34)16-23)32(40)41-25-13-11-24(12-14-25)33(38,39)42-26-17-29(35)31(37)30(36)18-26/h6-10,15-20,24-25H,2-5,11-14H2,1H3. The van der Waals surface area contributed by atoms with Crippen LogP contribution in [0.1, 0.15) is 80.1 Å². The molecule has 0 aliphatic heterocycles. The number of hydrogen-bond donors (Lipinski definition) is 0. The molecule has 0 amide bonds. The van der Waals surface area contributed by atoms with Gasteiger partial charge in [-0.2, -0.15) is 8.78 Å². The van der Waals surface area contributed by atoms with E-state index in [1.54, 1.807) is 6.07 Å². The van der Waals surface area contributed by atoms with Gasteiger partial charge in [0.15, 0.2) is 17.5 Å². The van der Waals surface area contributed by atoms with Crippen molar-refractivity contribution in [1.82, 2.24) is 0 Å². The Kier molecular flexibility index (Phi) is 8.85. The molecule has 224 valence electrons. The molecule has 2 aliphatic carbocycles. The Balaban J connectivity index is 1.15. The van der Waals surface area contributed by atoms with Crippen LogP contribution in [0.15, 0.2) is 54.6 Å². The molecule has 0 N–H and O–H groups in total. The van der Waals surface area contributed by atoms with Gasteiger partial charge in [-0.05, 0) is 79.2 Å². The molecule has 0 radical (unpaired) electrons. The van der Waals surface area contributed by atoms with E-state index in [0.29, 0.717) is 23.6 Å². The number of carbonyl (C=O) groups is 1. The fraction of sp³-hybridized carbons (Fsp3) is 0.424. The molecule has 0 bridgehead atoms. The summed E-state index contributed by atoms with van der Waals surface area (Å²) < 4.78 is 94.1. The summed E-state index contributed by atoms with van der Waals surface area (Å²) in [5.74, 6) is -7.54. The van der Waals surface area contributed by atoms with Crippen LogP contribution in [0.3, 0.4) is 0 Å². The Morgan fingerprint density at radius 2 is 1.33 bits per heavy atom. The first-order valence-corrected chi connectivity index (χ1v) is 14.3. The second-order valence-electron chi connectivity index (χ2n) is 11.5. The van der Waals surface area contributed by atoms with Crippen LogP contribution in [-0.2, 0) is 4.74 Å². The van der Waals surface area contributed by atoms with E-state index in [9.17, 15) is 31.1 Å². The molecule has 0 spiro atoms. The lowest BCUT2D eigenvalue weighted by Gasteiger charge is -2.33. The monoisotopic (exact) mass is 590 g/mol. The van der Waals surface area contributed by atoms with E-state index >= 15 is 0 Å². The minimum atomic E-state index is -3.79. The molecule has 42 heavy (non-hydrogen) atoms. The molecule has 0 saturated heterocycles. The minimum absolute atomic E-state index is 0.0630. The van der Waals surface area contributed by atoms with Gasteiger partial charge < -0.3 is 9.47 Å². The van der Waals surface area contributed by atoms with Crippen molar-refractivity contribution in [2.45, 2.75) is 76.4 Å². The first-order valence-electron chi connectivity index (χ1n) is 14.3. The summed E-state index contributed by atoms with van der Waals surface area (Å²) in [5, 5.41) is 0. The highest BCUT2D eigenvalue weighted by Gasteiger charge is 2.45. The minimum Gasteiger partial charge on any atom is -0.459 e. The van der Waals surface area contributed by atoms with Gasteiger partial charge in [0.1, 0.15) is 17.7 Å². The van der Waals surface area contributed by atoms with Gasteiger partial charge in [0.2, 0.25) is 0 Å². The van der Waals surface area contributed by atoms with Gasteiger partial charge in [0.25, 0.3) is 0 Å². The summed E-state index contributed by atoms with van der Waals surface area (Å²) in [6.07, 6.45) is 0.175. The number of alkyl halides is 2. The molecule has 3 aromatic carbocycles. The van der Waals surface area contributed by atoms with Gasteiger partial charge >= 0.3 is 12.1 Å². The van der Waals surface area contributed by atoms with Crippen LogP contribution in [-0.4, -0.2) is 18.2 Å². The Hall–Kier alpha value is -3.49. The average molecular weight is 591 g/mol. The van der Waals surface area contributed by atoms with Crippen molar-refractivity contribution in [3.05, 3.63) is 89.0 Å². The average Bonchev–Trinajstić information content (AvgIpc) is 2.96. The molecule has 0 atom stereocenters. The van der Waals surface area contributed by atoms with Crippen LogP contribution >= 0.6 is 0 Å². The summed E-state index contributed by atoms with van der Waals surface area (Å²) in [5.41, 5.74) is 2.48. The molecule has 3 aromatic rings. The number of benzene rings is 3. The molecule has 2 fully saturated rings. The molecule has 2 saturated carbocycles. The molecular formula is C33H32F6O3. The highest BCUT2D eigenvalue weighted by molar-refractivity contribution is 5.90. The van der Waals surface area contributed by atoms with E-state index in [4.69, 9.17) is 4.74 Å². The van der Waals surface area contributed by atoms with Crippen molar-refractivity contribution < 1.29 is 40.6 Å². The van der Waals surface area contributed by atoms with Crippen LogP contribution in [0.2, 0.25) is 0 Å². The second kappa shape index (κ2) is 12.4. The second-order valence-corrected chi connectivity index (χ2v) is 11.5. The molecule has 0 aromatic heterocycles. The lowest BCUT2D eigenvalue weighted by atomic mass is 9.79. The molecule has 0 heterocycles. The van der Waals surface area contributed by atoms with Gasteiger partial charge in [-0.1, -0.05) is 50.1 Å². The third-order valence-electron chi connectivity index (χ3n) is 8.55. The van der Waals surface area contributed by atoms with Crippen molar-refractivity contribution >= 4 is 5.97 Å². The quantitative estimate of drug-likeness (QED) is 0.156. The third kappa shape index (κ3) is 6.76. The fourth-order valence-corrected chi connectivity index (χ4v) is 5.96. The van der Waals surface area contributed by atoms with E-state index in [1.165, 1.54) is 43.4 Å². The Labute approximate surface area is 240 Å². The summed E-state index contributed by atoms with van der Waals surface area (Å²) >= 11 is 0. The molecular weight excluding hydrogens is 558 g/mol. The number of rotatable bonds is 7. The Morgan fingerprint density at radius 1 is 0.738 bits per heavy atom. The molecule has 3 nitrogen and oxygen atoms in total. The largest absolute Gasteiger partial charge is 0.459 e. The van der Waals surface area contributed by atoms with Gasteiger partial charge in [-0.15, -0.1) is 0 Å². The number of carbonyl (C=O) groups excluding carboxylic acids is 1. The van der Waals surface area contributed by atoms with Gasteiger partial charge in [0.05, 0.1) is 11.5 Å². The van der Waals surface area contributed by atoms with E-state index in [0.717, 1.165) is 11.5 Å². The summed E-state index contributed by atoms with van der Waals surface area (Å²) in [6.45, 7) is 2.28. The smallest absolute Gasteiger partial charge is 0.400 e. The van der Waals surface area contributed by atoms with Crippen LogP contribution in [0.5, 0.6) is 5.75 Å². The first kappa shape index (κ1) is 30.0. The molecule has 5 rings (SSSR count). The number of esters is 1. The maximum absolute atomic E-state index is 15.0. The topological polar surface area (TPSA) is 35.5 Å². The normalized spacial score (nSPS) is 22.9. The van der Waals surface area contributed by atoms with Crippen molar-refractivity contribution in [2.75, 3.05) is 0 Å². The fourth-order valence-electron chi connectivity index (χ4n) is 5.96. The SMILES string of the molecule is CC1CCC(c2ccc(-c3ccc(C(=O)OC4CCC(C(F)(F)Oc5cc(F)c(F)c(F)c5)CC4)c(F)c3)cc2)CC1. The zero-order valence-electron chi connectivity index (χ0n) is 23.2. The Morgan fingerprint density at radius 3 is 1.93 bits per heavy atom. The predicted octanol–water partition coefficient (Wildman–Crippen LogP) is 9.59. The van der Waals surface area contributed by atoms with Crippen molar-refractivity contribution in [1.29, 1.82) is 0 Å². The number of ether oxygens (including phenoxy) is 2. The van der Waals surface area contributed by atoms with Gasteiger partial charge in [0, 0.05) is 12.1 Å². The predicted molar refractivity (Wildman–Crippen MR) is 145 cm³/mol. The summed E-state index contributed by atoms with van der Waals surface area (Å²) in [4.78, 5) is 12.7. The highest BCUT2D eigenvalue weighted by Crippen LogP contribution is 2.40. The Bertz CT molecular complexity index is 1380. The van der Waals surface area contributed by atoms with Crippen LogP contribution in [0.25, 0.3) is 11.1 Å². The molecule has 2 aliphatic rings. The van der Waals surface area contributed by atoms with Crippen molar-refractivity contribution in [2.24, 2.45) is 11.8 Å². The van der Waals surface area contributed by atoms with Crippen molar-refractivity contribution in [3.63, 3.8) is 0 Å². The molecule has 0 unspecified atom stereocenters. The van der Waals surface area contributed by atoms with Crippen LogP contribution in [0.4, 0.5) is 26.3 Å². The lowest BCUT2D eigenvalue weighted by molar-refractivity contribution is -0.224. The van der Waals surface area contributed by atoms with Crippen molar-refractivity contribution in [3.8, 4) is 16.9 Å². The third-order valence-corrected chi connectivity index (χ3v) is 8.55. The van der Waals surface area contributed by atoms with E-state index in [2.05, 4.69) is 23.8 Å². The maximum atomic E-state index is 15.0. The molecule has 9 heteroatoms.